The maximum absolute atomic E-state index is 5.42. The predicted octanol–water partition coefficient (Wildman–Crippen LogP) is 2.35. The third-order valence-corrected chi connectivity index (χ3v) is 2.68. The van der Waals surface area contributed by atoms with Crippen molar-refractivity contribution in [1.82, 2.24) is 10.3 Å². The maximum atomic E-state index is 5.42. The van der Waals surface area contributed by atoms with Crippen molar-refractivity contribution in [3.8, 4) is 12.3 Å². The average molecular weight is 245 g/mol. The fourth-order valence-electron chi connectivity index (χ4n) is 1.91. The van der Waals surface area contributed by atoms with Gasteiger partial charge in [-0.3, -0.25) is 0 Å². The third-order valence-electron chi connectivity index (χ3n) is 2.68. The molecule has 0 aliphatic carbocycles. The van der Waals surface area contributed by atoms with Crippen LogP contribution in [0.2, 0.25) is 0 Å². The first-order valence-corrected chi connectivity index (χ1v) is 6.58. The van der Waals surface area contributed by atoms with Crippen LogP contribution >= 0.6 is 0 Å². The van der Waals surface area contributed by atoms with Gasteiger partial charge in [0.1, 0.15) is 5.82 Å². The van der Waals surface area contributed by atoms with E-state index in [0.717, 1.165) is 37.6 Å². The summed E-state index contributed by atoms with van der Waals surface area (Å²) in [5.41, 5.74) is 2.30. The number of rotatable bonds is 7. The summed E-state index contributed by atoms with van der Waals surface area (Å²) in [5, 5.41) is 3.34. The standard InChI is InChI=1S/C15H23N3/c1-5-8-18(9-6-2)15-11-14(12-16-7-3)10-13(4)17-15/h1,10-11,16H,6-9,12H2,2-4H3. The topological polar surface area (TPSA) is 28.2 Å². The minimum absolute atomic E-state index is 0.616. The molecule has 1 rings (SSSR count). The number of nitrogens with zero attached hydrogens (tertiary/aromatic N) is 2. The van der Waals surface area contributed by atoms with Crippen LogP contribution in [0.15, 0.2) is 12.1 Å². The molecule has 0 amide bonds. The van der Waals surface area contributed by atoms with E-state index in [9.17, 15) is 0 Å². The largest absolute Gasteiger partial charge is 0.345 e. The molecule has 3 heteroatoms. The zero-order valence-corrected chi connectivity index (χ0v) is 11.7. The number of hydrogen-bond acceptors (Lipinski definition) is 3. The molecule has 0 atom stereocenters. The average Bonchev–Trinajstić information content (AvgIpc) is 2.35. The van der Waals surface area contributed by atoms with Gasteiger partial charge in [0.2, 0.25) is 0 Å². The van der Waals surface area contributed by atoms with Crippen molar-refractivity contribution in [3.05, 3.63) is 23.4 Å². The Bertz CT molecular complexity index is 407. The van der Waals surface area contributed by atoms with Crippen molar-refractivity contribution in [2.45, 2.75) is 33.7 Å². The van der Waals surface area contributed by atoms with Gasteiger partial charge in [0.05, 0.1) is 6.54 Å². The van der Waals surface area contributed by atoms with Crippen LogP contribution in [0.3, 0.4) is 0 Å². The van der Waals surface area contributed by atoms with Gasteiger partial charge in [-0.2, -0.15) is 0 Å². The molecule has 1 heterocycles. The molecule has 0 spiro atoms. The van der Waals surface area contributed by atoms with Crippen molar-refractivity contribution in [3.63, 3.8) is 0 Å². The van der Waals surface area contributed by atoms with Crippen molar-refractivity contribution >= 4 is 5.82 Å². The minimum Gasteiger partial charge on any atom is -0.345 e. The Labute approximate surface area is 111 Å². The van der Waals surface area contributed by atoms with Crippen molar-refractivity contribution < 1.29 is 0 Å². The summed E-state index contributed by atoms with van der Waals surface area (Å²) in [6, 6.07) is 4.24. The summed E-state index contributed by atoms with van der Waals surface area (Å²) in [6.07, 6.45) is 6.49. The molecule has 98 valence electrons. The normalized spacial score (nSPS) is 10.1. The van der Waals surface area contributed by atoms with Gasteiger partial charge in [0.25, 0.3) is 0 Å². The molecular weight excluding hydrogens is 222 g/mol. The highest BCUT2D eigenvalue weighted by Crippen LogP contribution is 2.15. The molecule has 1 aromatic heterocycles. The third kappa shape index (κ3) is 4.38. The van der Waals surface area contributed by atoms with Crippen molar-refractivity contribution in [1.29, 1.82) is 0 Å². The Kier molecular flexibility index (Phi) is 6.24. The molecule has 0 aliphatic rings. The molecule has 0 saturated heterocycles. The number of aromatic nitrogens is 1. The lowest BCUT2D eigenvalue weighted by atomic mass is 10.2. The summed E-state index contributed by atoms with van der Waals surface area (Å²) < 4.78 is 0. The molecule has 0 aromatic carbocycles. The molecule has 0 fully saturated rings. The lowest BCUT2D eigenvalue weighted by Gasteiger charge is -2.21. The Morgan fingerprint density at radius 1 is 1.39 bits per heavy atom. The number of pyridine rings is 1. The van der Waals surface area contributed by atoms with Crippen LogP contribution in [0.5, 0.6) is 0 Å². The summed E-state index contributed by atoms with van der Waals surface area (Å²) in [7, 11) is 0. The lowest BCUT2D eigenvalue weighted by molar-refractivity contribution is 0.723. The van der Waals surface area contributed by atoms with Crippen LogP contribution in [0.1, 0.15) is 31.5 Å². The monoisotopic (exact) mass is 245 g/mol. The van der Waals surface area contributed by atoms with Crippen LogP contribution < -0.4 is 10.2 Å². The van der Waals surface area contributed by atoms with Crippen LogP contribution in [0.4, 0.5) is 5.82 Å². The van der Waals surface area contributed by atoms with Gasteiger partial charge in [-0.1, -0.05) is 19.8 Å². The molecule has 3 nitrogen and oxygen atoms in total. The van der Waals surface area contributed by atoms with E-state index in [1.165, 1.54) is 5.56 Å². The van der Waals surface area contributed by atoms with E-state index in [1.807, 2.05) is 6.92 Å². The van der Waals surface area contributed by atoms with E-state index in [1.54, 1.807) is 0 Å². The van der Waals surface area contributed by atoms with Crippen LogP contribution in [-0.2, 0) is 6.54 Å². The van der Waals surface area contributed by atoms with Gasteiger partial charge in [-0.05, 0) is 37.6 Å². The number of terminal acetylenes is 1. The van der Waals surface area contributed by atoms with Crippen molar-refractivity contribution in [2.75, 3.05) is 24.5 Å². The quantitative estimate of drug-likeness (QED) is 0.747. The Morgan fingerprint density at radius 3 is 2.78 bits per heavy atom. The SMILES string of the molecule is C#CCN(CCC)c1cc(CNCC)cc(C)n1. The van der Waals surface area contributed by atoms with Gasteiger partial charge < -0.3 is 10.2 Å². The number of anilines is 1. The van der Waals surface area contributed by atoms with E-state index in [2.05, 4.69) is 47.1 Å². The summed E-state index contributed by atoms with van der Waals surface area (Å²) in [4.78, 5) is 6.74. The van der Waals surface area contributed by atoms with Gasteiger partial charge in [0.15, 0.2) is 0 Å². The second-order valence-corrected chi connectivity index (χ2v) is 4.38. The zero-order valence-electron chi connectivity index (χ0n) is 11.7. The summed E-state index contributed by atoms with van der Waals surface area (Å²) in [6.45, 7) is 9.70. The lowest BCUT2D eigenvalue weighted by Crippen LogP contribution is -2.26. The maximum Gasteiger partial charge on any atom is 0.129 e. The van der Waals surface area contributed by atoms with Gasteiger partial charge in [-0.15, -0.1) is 6.42 Å². The van der Waals surface area contributed by atoms with Gasteiger partial charge in [-0.25, -0.2) is 4.98 Å². The highest BCUT2D eigenvalue weighted by molar-refractivity contribution is 5.43. The molecule has 0 bridgehead atoms. The molecule has 0 radical (unpaired) electrons. The smallest absolute Gasteiger partial charge is 0.129 e. The summed E-state index contributed by atoms with van der Waals surface area (Å²) in [5.74, 6) is 3.69. The van der Waals surface area contributed by atoms with Crippen LogP contribution in [-0.4, -0.2) is 24.6 Å². The van der Waals surface area contributed by atoms with Gasteiger partial charge >= 0.3 is 0 Å². The molecule has 1 N–H and O–H groups in total. The molecular formula is C15H23N3. The zero-order chi connectivity index (χ0) is 13.4. The fraction of sp³-hybridized carbons (Fsp3) is 0.533. The fourth-order valence-corrected chi connectivity index (χ4v) is 1.91. The molecule has 18 heavy (non-hydrogen) atoms. The predicted molar refractivity (Wildman–Crippen MR) is 77.7 cm³/mol. The molecule has 0 saturated carbocycles. The first-order chi connectivity index (χ1) is 8.71. The first kappa shape index (κ1) is 14.5. The minimum atomic E-state index is 0.616. The van der Waals surface area contributed by atoms with E-state index in [0.29, 0.717) is 6.54 Å². The highest BCUT2D eigenvalue weighted by atomic mass is 15.2. The Hall–Kier alpha value is -1.53. The summed E-state index contributed by atoms with van der Waals surface area (Å²) >= 11 is 0. The Morgan fingerprint density at radius 2 is 2.17 bits per heavy atom. The van der Waals surface area contributed by atoms with Crippen LogP contribution in [0, 0.1) is 19.3 Å². The van der Waals surface area contributed by atoms with E-state index in [4.69, 9.17) is 6.42 Å². The van der Waals surface area contributed by atoms with E-state index < -0.39 is 0 Å². The Balaban J connectivity index is 2.91. The van der Waals surface area contributed by atoms with Crippen LogP contribution in [0.25, 0.3) is 0 Å². The molecule has 0 unspecified atom stereocenters. The molecule has 0 aliphatic heterocycles. The second-order valence-electron chi connectivity index (χ2n) is 4.38. The number of hydrogen-bond donors (Lipinski definition) is 1. The second kappa shape index (κ2) is 7.73. The number of nitrogens with one attached hydrogen (secondary N) is 1. The molecule has 1 aromatic rings. The van der Waals surface area contributed by atoms with E-state index in [-0.39, 0.29) is 0 Å². The van der Waals surface area contributed by atoms with Gasteiger partial charge in [0, 0.05) is 18.8 Å². The van der Waals surface area contributed by atoms with Crippen molar-refractivity contribution in [2.24, 2.45) is 0 Å². The highest BCUT2D eigenvalue weighted by Gasteiger charge is 2.07. The first-order valence-electron chi connectivity index (χ1n) is 6.58. The number of aryl methyl sites for hydroxylation is 1. The van der Waals surface area contributed by atoms with E-state index >= 15 is 0 Å².